The van der Waals surface area contributed by atoms with Crippen LogP contribution in [0.5, 0.6) is 0 Å². The molecular formula is C8H9NO2. The fraction of sp³-hybridized carbons (Fsp3) is 0.375. The van der Waals surface area contributed by atoms with Gasteiger partial charge in [0, 0.05) is 18.1 Å². The maximum absolute atomic E-state index is 11.1. The van der Waals surface area contributed by atoms with Crippen LogP contribution < -0.4 is 4.73 Å². The van der Waals surface area contributed by atoms with Crippen LogP contribution in [0, 0.1) is 5.21 Å². The van der Waals surface area contributed by atoms with E-state index in [2.05, 4.69) is 0 Å². The van der Waals surface area contributed by atoms with Gasteiger partial charge in [-0.05, 0) is 6.07 Å². The smallest absolute Gasteiger partial charge is 0.221 e. The first-order valence-electron chi connectivity index (χ1n) is 3.65. The highest BCUT2D eigenvalue weighted by molar-refractivity contribution is 5.16. The van der Waals surface area contributed by atoms with Gasteiger partial charge in [-0.15, -0.1) is 0 Å². The molecule has 0 aliphatic carbocycles. The van der Waals surface area contributed by atoms with E-state index in [4.69, 9.17) is 4.74 Å². The lowest BCUT2D eigenvalue weighted by atomic mass is 10.1. The van der Waals surface area contributed by atoms with Gasteiger partial charge in [0.05, 0.1) is 6.61 Å². The zero-order chi connectivity index (χ0) is 7.68. The summed E-state index contributed by atoms with van der Waals surface area (Å²) >= 11 is 0. The number of fused-ring (bicyclic) bond motifs is 1. The molecule has 0 N–H and O–H groups in total. The van der Waals surface area contributed by atoms with Crippen LogP contribution >= 0.6 is 0 Å². The highest BCUT2D eigenvalue weighted by Crippen LogP contribution is 2.11. The van der Waals surface area contributed by atoms with Crippen molar-refractivity contribution in [1.29, 1.82) is 0 Å². The highest BCUT2D eigenvalue weighted by atomic mass is 16.5. The Morgan fingerprint density at radius 3 is 3.27 bits per heavy atom. The van der Waals surface area contributed by atoms with E-state index in [1.54, 1.807) is 6.07 Å². The Morgan fingerprint density at radius 2 is 2.45 bits per heavy atom. The van der Waals surface area contributed by atoms with Gasteiger partial charge in [0.15, 0.2) is 6.20 Å². The maximum Gasteiger partial charge on any atom is 0.221 e. The average molecular weight is 151 g/mol. The first-order valence-corrected chi connectivity index (χ1v) is 3.65. The Bertz CT molecular complexity index is 273. The Kier molecular flexibility index (Phi) is 1.51. The zero-order valence-electron chi connectivity index (χ0n) is 6.12. The molecule has 58 valence electrons. The summed E-state index contributed by atoms with van der Waals surface area (Å²) in [5.41, 5.74) is 1.88. The summed E-state index contributed by atoms with van der Waals surface area (Å²) in [6, 6.07) is 3.75. The molecule has 0 spiro atoms. The summed E-state index contributed by atoms with van der Waals surface area (Å²) in [6.45, 7) is 1.19. The van der Waals surface area contributed by atoms with E-state index in [-0.39, 0.29) is 0 Å². The third kappa shape index (κ3) is 1.07. The van der Waals surface area contributed by atoms with E-state index in [0.29, 0.717) is 6.61 Å². The van der Waals surface area contributed by atoms with Crippen molar-refractivity contribution in [2.45, 2.75) is 13.0 Å². The highest BCUT2D eigenvalue weighted by Gasteiger charge is 2.16. The topological polar surface area (TPSA) is 36.2 Å². The van der Waals surface area contributed by atoms with Crippen molar-refractivity contribution in [1.82, 2.24) is 0 Å². The monoisotopic (exact) mass is 151 g/mol. The Hall–Kier alpha value is -1.09. The number of aromatic nitrogens is 1. The van der Waals surface area contributed by atoms with Gasteiger partial charge in [-0.1, -0.05) is 0 Å². The lowest BCUT2D eigenvalue weighted by Crippen LogP contribution is -2.35. The Morgan fingerprint density at radius 1 is 1.55 bits per heavy atom. The molecule has 0 unspecified atom stereocenters. The van der Waals surface area contributed by atoms with Gasteiger partial charge < -0.3 is 9.94 Å². The molecule has 2 heterocycles. The molecular weight excluding hydrogens is 142 g/mol. The lowest BCUT2D eigenvalue weighted by molar-refractivity contribution is -0.617. The molecule has 1 aromatic rings. The molecule has 0 atom stereocenters. The molecule has 3 nitrogen and oxygen atoms in total. The van der Waals surface area contributed by atoms with Crippen LogP contribution in [-0.4, -0.2) is 6.61 Å². The molecule has 11 heavy (non-hydrogen) atoms. The fourth-order valence-corrected chi connectivity index (χ4v) is 1.30. The van der Waals surface area contributed by atoms with Crippen LogP contribution in [0.4, 0.5) is 0 Å². The molecule has 1 aliphatic heterocycles. The van der Waals surface area contributed by atoms with Crippen LogP contribution in [0.25, 0.3) is 0 Å². The van der Waals surface area contributed by atoms with Crippen molar-refractivity contribution in [3.63, 3.8) is 0 Å². The standard InChI is InChI=1S/C8H9NO2/c10-9-4-1-2-7-3-5-11-6-8(7)9/h1-2,4H,3,5-6H2. The summed E-state index contributed by atoms with van der Waals surface area (Å²) in [5, 5.41) is 11.1. The molecule has 0 saturated heterocycles. The van der Waals surface area contributed by atoms with Gasteiger partial charge in [-0.2, -0.15) is 4.73 Å². The van der Waals surface area contributed by atoms with Crippen molar-refractivity contribution in [3.8, 4) is 0 Å². The molecule has 0 bridgehead atoms. The van der Waals surface area contributed by atoms with Gasteiger partial charge in [0.25, 0.3) is 0 Å². The average Bonchev–Trinajstić information content (AvgIpc) is 2.06. The third-order valence-electron chi connectivity index (χ3n) is 1.91. The van der Waals surface area contributed by atoms with E-state index >= 15 is 0 Å². The predicted octanol–water partition coefficient (Wildman–Crippen LogP) is 0.393. The van der Waals surface area contributed by atoms with Crippen molar-refractivity contribution in [2.24, 2.45) is 0 Å². The SMILES string of the molecule is [O-][n+]1cccc2c1COCC2. The first-order chi connectivity index (χ1) is 5.38. The molecule has 0 aromatic carbocycles. The number of pyridine rings is 1. The number of rotatable bonds is 0. The minimum absolute atomic E-state index is 0.458. The van der Waals surface area contributed by atoms with Crippen LogP contribution in [0.3, 0.4) is 0 Å². The third-order valence-corrected chi connectivity index (χ3v) is 1.91. The largest absolute Gasteiger partial charge is 0.618 e. The molecule has 2 rings (SSSR count). The van der Waals surface area contributed by atoms with Gasteiger partial charge >= 0.3 is 0 Å². The number of hydrogen-bond acceptors (Lipinski definition) is 2. The van der Waals surface area contributed by atoms with Gasteiger partial charge in [0.1, 0.15) is 6.61 Å². The summed E-state index contributed by atoms with van der Waals surface area (Å²) < 4.78 is 6.04. The Balaban J connectivity index is 2.49. The second-order valence-electron chi connectivity index (χ2n) is 2.61. The van der Waals surface area contributed by atoms with Crippen LogP contribution in [0.15, 0.2) is 18.3 Å². The molecule has 0 amide bonds. The summed E-state index contributed by atoms with van der Waals surface area (Å²) in [4.78, 5) is 0. The minimum Gasteiger partial charge on any atom is -0.618 e. The Labute approximate surface area is 64.8 Å². The molecule has 0 radical (unpaired) electrons. The fourth-order valence-electron chi connectivity index (χ4n) is 1.30. The van der Waals surface area contributed by atoms with E-state index in [1.165, 1.54) is 6.20 Å². The van der Waals surface area contributed by atoms with Crippen LogP contribution in [0.2, 0.25) is 0 Å². The minimum atomic E-state index is 0.458. The van der Waals surface area contributed by atoms with E-state index in [9.17, 15) is 5.21 Å². The number of ether oxygens (including phenoxy) is 1. The van der Waals surface area contributed by atoms with Crippen molar-refractivity contribution < 1.29 is 9.47 Å². The summed E-state index contributed by atoms with van der Waals surface area (Å²) in [7, 11) is 0. The maximum atomic E-state index is 11.1. The quantitative estimate of drug-likeness (QED) is 0.397. The lowest BCUT2D eigenvalue weighted by Gasteiger charge is -2.14. The van der Waals surface area contributed by atoms with Gasteiger partial charge in [-0.25, -0.2) is 0 Å². The van der Waals surface area contributed by atoms with Gasteiger partial charge in [-0.3, -0.25) is 0 Å². The van der Waals surface area contributed by atoms with E-state index < -0.39 is 0 Å². The zero-order valence-corrected chi connectivity index (χ0v) is 6.12. The molecule has 3 heteroatoms. The van der Waals surface area contributed by atoms with Crippen molar-refractivity contribution >= 4 is 0 Å². The summed E-state index contributed by atoms with van der Waals surface area (Å²) in [6.07, 6.45) is 2.37. The van der Waals surface area contributed by atoms with Gasteiger partial charge in [0.2, 0.25) is 5.69 Å². The first kappa shape index (κ1) is 6.61. The van der Waals surface area contributed by atoms with Crippen LogP contribution in [0.1, 0.15) is 11.3 Å². The predicted molar refractivity (Wildman–Crippen MR) is 38.8 cm³/mol. The molecule has 0 saturated carbocycles. The normalized spacial score (nSPS) is 16.0. The number of nitrogens with zero attached hydrogens (tertiary/aromatic N) is 1. The van der Waals surface area contributed by atoms with E-state index in [0.717, 1.165) is 29.0 Å². The molecule has 1 aliphatic rings. The number of hydrogen-bond donors (Lipinski definition) is 0. The second kappa shape index (κ2) is 2.51. The summed E-state index contributed by atoms with van der Waals surface area (Å²) in [5.74, 6) is 0. The molecule has 0 fully saturated rings. The van der Waals surface area contributed by atoms with Crippen molar-refractivity contribution in [3.05, 3.63) is 34.8 Å². The van der Waals surface area contributed by atoms with Crippen LogP contribution in [-0.2, 0) is 17.8 Å². The second-order valence-corrected chi connectivity index (χ2v) is 2.61. The molecule has 1 aromatic heterocycles. The van der Waals surface area contributed by atoms with E-state index in [1.807, 2.05) is 6.07 Å². The van der Waals surface area contributed by atoms with Crippen molar-refractivity contribution in [2.75, 3.05) is 6.61 Å².